The van der Waals surface area contributed by atoms with Crippen molar-refractivity contribution < 1.29 is 32.5 Å². The molecule has 6 rings (SSSR count). The number of benzene rings is 2. The second kappa shape index (κ2) is 12.0. The number of carboxylic acid groups (broad SMARTS) is 1. The topological polar surface area (TPSA) is 114 Å². The van der Waals surface area contributed by atoms with Crippen LogP contribution >= 0.6 is 0 Å². The number of aromatic carboxylic acids is 1. The molecule has 2 aromatic carbocycles. The predicted octanol–water partition coefficient (Wildman–Crippen LogP) is 4.97. The van der Waals surface area contributed by atoms with E-state index in [9.17, 15) is 23.1 Å². The zero-order valence-corrected chi connectivity index (χ0v) is 23.0. The Kier molecular flexibility index (Phi) is 8.01. The Morgan fingerprint density at radius 1 is 1.14 bits per heavy atom. The van der Waals surface area contributed by atoms with Gasteiger partial charge in [-0.25, -0.2) is 22.9 Å². The van der Waals surface area contributed by atoms with Crippen molar-refractivity contribution >= 4 is 17.0 Å². The van der Waals surface area contributed by atoms with Gasteiger partial charge in [0.15, 0.2) is 11.6 Å². The van der Waals surface area contributed by atoms with E-state index in [0.29, 0.717) is 55.2 Å². The highest BCUT2D eigenvalue weighted by Crippen LogP contribution is 2.34. The van der Waals surface area contributed by atoms with E-state index in [1.807, 2.05) is 15.5 Å². The number of aromatic nitrogens is 3. The van der Waals surface area contributed by atoms with Crippen molar-refractivity contribution in [3.05, 3.63) is 88.5 Å². The Morgan fingerprint density at radius 2 is 1.98 bits per heavy atom. The van der Waals surface area contributed by atoms with Gasteiger partial charge < -0.3 is 19.1 Å². The zero-order chi connectivity index (χ0) is 30.1. The number of halogens is 3. The van der Waals surface area contributed by atoms with Crippen LogP contribution in [0.25, 0.3) is 11.0 Å². The van der Waals surface area contributed by atoms with E-state index in [0.717, 1.165) is 12.5 Å². The van der Waals surface area contributed by atoms with Crippen LogP contribution in [0.15, 0.2) is 48.5 Å². The molecule has 0 radical (unpaired) electrons. The number of pyridine rings is 1. The SMILES string of the molecule is N#Cc1ccc(OCc2nc([C@H]3C[C@@H](CF)N(Cc4nc5ccc(C(=O)O)cc5n4C[C@@H]4CCO4)C3)ccc2F)c(F)c1. The Hall–Kier alpha value is -4.47. The van der Waals surface area contributed by atoms with Gasteiger partial charge in [0.05, 0.1) is 47.4 Å². The van der Waals surface area contributed by atoms with Gasteiger partial charge in [0.1, 0.15) is 30.6 Å². The molecule has 0 aliphatic carbocycles. The zero-order valence-electron chi connectivity index (χ0n) is 23.0. The third kappa shape index (κ3) is 5.91. The fraction of sp³-hybridized carbons (Fsp3) is 0.355. The number of nitrogens with zero attached hydrogens (tertiary/aromatic N) is 5. The quantitative estimate of drug-likeness (QED) is 0.275. The number of nitriles is 1. The van der Waals surface area contributed by atoms with E-state index in [1.54, 1.807) is 18.2 Å². The van der Waals surface area contributed by atoms with Crippen molar-refractivity contribution in [1.82, 2.24) is 19.4 Å². The van der Waals surface area contributed by atoms with Gasteiger partial charge in [0, 0.05) is 30.8 Å². The molecule has 2 aliphatic rings. The molecule has 0 saturated carbocycles. The normalized spacial score (nSPS) is 20.2. The lowest BCUT2D eigenvalue weighted by Gasteiger charge is -2.28. The van der Waals surface area contributed by atoms with Crippen LogP contribution in [-0.2, 0) is 24.4 Å². The third-order valence-electron chi connectivity index (χ3n) is 8.09. The van der Waals surface area contributed by atoms with Crippen LogP contribution in [0.5, 0.6) is 5.75 Å². The first kappa shape index (κ1) is 28.6. The summed E-state index contributed by atoms with van der Waals surface area (Å²) in [6.45, 7) is 1.03. The molecule has 0 bridgehead atoms. The van der Waals surface area contributed by atoms with Crippen molar-refractivity contribution in [2.24, 2.45) is 0 Å². The molecule has 2 aliphatic heterocycles. The summed E-state index contributed by atoms with van der Waals surface area (Å²) in [7, 11) is 0. The van der Waals surface area contributed by atoms with E-state index in [1.165, 1.54) is 24.3 Å². The summed E-state index contributed by atoms with van der Waals surface area (Å²) in [5.74, 6) is -2.02. The maximum absolute atomic E-state index is 14.6. The van der Waals surface area contributed by atoms with E-state index >= 15 is 0 Å². The van der Waals surface area contributed by atoms with Crippen molar-refractivity contribution in [3.63, 3.8) is 0 Å². The number of ether oxygens (including phenoxy) is 2. The lowest BCUT2D eigenvalue weighted by molar-refractivity contribution is -0.0592. The first-order chi connectivity index (χ1) is 20.8. The van der Waals surface area contributed by atoms with Crippen molar-refractivity contribution in [3.8, 4) is 11.8 Å². The molecule has 12 heteroatoms. The third-order valence-corrected chi connectivity index (χ3v) is 8.09. The van der Waals surface area contributed by atoms with Crippen LogP contribution in [0.1, 0.15) is 51.9 Å². The fourth-order valence-electron chi connectivity index (χ4n) is 5.66. The molecule has 1 N–H and O–H groups in total. The van der Waals surface area contributed by atoms with E-state index < -0.39 is 30.3 Å². The van der Waals surface area contributed by atoms with Gasteiger partial charge in [0.25, 0.3) is 0 Å². The largest absolute Gasteiger partial charge is 0.484 e. The summed E-state index contributed by atoms with van der Waals surface area (Å²) in [6.07, 6.45) is 1.33. The molecule has 2 aromatic heterocycles. The maximum Gasteiger partial charge on any atom is 0.335 e. The molecule has 4 heterocycles. The summed E-state index contributed by atoms with van der Waals surface area (Å²) in [5.41, 5.74) is 2.19. The number of imidazole rings is 1. The Morgan fingerprint density at radius 3 is 2.67 bits per heavy atom. The Balaban J connectivity index is 1.21. The summed E-state index contributed by atoms with van der Waals surface area (Å²) in [4.78, 5) is 22.8. The minimum atomic E-state index is -1.03. The molecule has 0 amide bonds. The first-order valence-electron chi connectivity index (χ1n) is 13.9. The highest BCUT2D eigenvalue weighted by atomic mass is 19.1. The van der Waals surface area contributed by atoms with Gasteiger partial charge in [0.2, 0.25) is 0 Å². The van der Waals surface area contributed by atoms with Crippen LogP contribution in [0.2, 0.25) is 0 Å². The second-order valence-electron chi connectivity index (χ2n) is 10.8. The standard InChI is InChI=1S/C31H28F3N5O4/c32-12-21-10-20(25-5-3-23(33)27(36-25)17-43-29-6-1-18(13-35)9-24(29)34)14-38(21)16-30-37-26-4-2-19(31(40)41)11-28(26)39(30)15-22-7-8-42-22/h1-6,9,11,20-22H,7-8,10,12,14-17H2,(H,40,41)/t20-,21-,22-/m0/s1. The highest BCUT2D eigenvalue weighted by molar-refractivity contribution is 5.92. The average molecular weight is 592 g/mol. The van der Waals surface area contributed by atoms with Gasteiger partial charge in [-0.15, -0.1) is 0 Å². The average Bonchev–Trinajstić information content (AvgIpc) is 3.55. The summed E-state index contributed by atoms with van der Waals surface area (Å²) < 4.78 is 56.2. The van der Waals surface area contributed by atoms with Gasteiger partial charge in [-0.1, -0.05) is 0 Å². The number of rotatable bonds is 10. The minimum absolute atomic E-state index is 0.00487. The van der Waals surface area contributed by atoms with Gasteiger partial charge in [-0.2, -0.15) is 5.26 Å². The summed E-state index contributed by atoms with van der Waals surface area (Å²) >= 11 is 0. The van der Waals surface area contributed by atoms with Crippen molar-refractivity contribution in [2.75, 3.05) is 19.8 Å². The molecule has 222 valence electrons. The van der Waals surface area contributed by atoms with E-state index in [4.69, 9.17) is 19.7 Å². The molecule has 43 heavy (non-hydrogen) atoms. The number of hydrogen-bond acceptors (Lipinski definition) is 7. The number of likely N-dealkylation sites (tertiary alicyclic amines) is 1. The van der Waals surface area contributed by atoms with Crippen LogP contribution < -0.4 is 4.74 Å². The van der Waals surface area contributed by atoms with E-state index in [2.05, 4.69) is 4.98 Å². The van der Waals surface area contributed by atoms with Crippen LogP contribution in [-0.4, -0.2) is 62.5 Å². The lowest BCUT2D eigenvalue weighted by atomic mass is 10.0. The molecule has 4 aromatic rings. The van der Waals surface area contributed by atoms with Gasteiger partial charge in [-0.3, -0.25) is 9.88 Å². The van der Waals surface area contributed by atoms with Crippen molar-refractivity contribution in [2.45, 2.75) is 50.6 Å². The summed E-state index contributed by atoms with van der Waals surface area (Å²) in [6, 6.07) is 12.8. The summed E-state index contributed by atoms with van der Waals surface area (Å²) in [5, 5.41) is 18.4. The lowest BCUT2D eigenvalue weighted by Crippen LogP contribution is -2.34. The molecule has 2 fully saturated rings. The second-order valence-corrected chi connectivity index (χ2v) is 10.8. The Labute approximate surface area is 245 Å². The smallest absolute Gasteiger partial charge is 0.335 e. The molecular weight excluding hydrogens is 563 g/mol. The molecule has 0 unspecified atom stereocenters. The number of hydrogen-bond donors (Lipinski definition) is 1. The van der Waals surface area contributed by atoms with Gasteiger partial charge in [-0.05, 0) is 61.4 Å². The molecule has 3 atom stereocenters. The van der Waals surface area contributed by atoms with Crippen LogP contribution in [0.3, 0.4) is 0 Å². The highest BCUT2D eigenvalue weighted by Gasteiger charge is 2.35. The van der Waals surface area contributed by atoms with E-state index in [-0.39, 0.29) is 41.2 Å². The van der Waals surface area contributed by atoms with Crippen LogP contribution in [0.4, 0.5) is 13.2 Å². The maximum atomic E-state index is 14.6. The fourth-order valence-corrected chi connectivity index (χ4v) is 5.66. The van der Waals surface area contributed by atoms with Crippen molar-refractivity contribution in [1.29, 1.82) is 5.26 Å². The van der Waals surface area contributed by atoms with Crippen LogP contribution in [0, 0.1) is 23.0 Å². The number of carboxylic acids is 1. The molecule has 0 spiro atoms. The number of alkyl halides is 1. The first-order valence-corrected chi connectivity index (χ1v) is 13.9. The van der Waals surface area contributed by atoms with Gasteiger partial charge >= 0.3 is 5.97 Å². The molecule has 9 nitrogen and oxygen atoms in total. The molecule has 2 saturated heterocycles. The predicted molar refractivity (Wildman–Crippen MR) is 148 cm³/mol. The number of fused-ring (bicyclic) bond motifs is 1. The number of carbonyl (C=O) groups is 1. The molecular formula is C31H28F3N5O4. The minimum Gasteiger partial charge on any atom is -0.484 e. The monoisotopic (exact) mass is 591 g/mol. The Bertz CT molecular complexity index is 1720.